The SMILES string of the molecule is N#Cc1ccc(-c2ccc(-c3ccccc3-c3nc(-c4ccccc4)nc(-c4ccccc4)n3)c(-c3cccc(-c4cc(-c5ccccc5)nc(-c5ccccc5)n4)c3)c2)cc1. The fraction of sp³-hybridized carbons (Fsp3) is 0. The summed E-state index contributed by atoms with van der Waals surface area (Å²) in [7, 11) is 0. The summed E-state index contributed by atoms with van der Waals surface area (Å²) >= 11 is 0. The van der Waals surface area contributed by atoms with Crippen LogP contribution in [0.5, 0.6) is 0 Å². The molecule has 0 fully saturated rings. The van der Waals surface area contributed by atoms with E-state index in [4.69, 9.17) is 24.9 Å². The second kappa shape index (κ2) is 16.9. The molecule has 0 amide bonds. The average Bonchev–Trinajstić information content (AvgIpc) is 3.37. The van der Waals surface area contributed by atoms with Crippen LogP contribution in [0.4, 0.5) is 0 Å². The molecule has 0 saturated heterocycles. The summed E-state index contributed by atoms with van der Waals surface area (Å²) < 4.78 is 0. The molecule has 290 valence electrons. The molecule has 2 aromatic heterocycles. The Bertz CT molecular complexity index is 3100. The van der Waals surface area contributed by atoms with Crippen molar-refractivity contribution in [3.63, 3.8) is 0 Å². The van der Waals surface area contributed by atoms with Crippen molar-refractivity contribution in [1.82, 2.24) is 24.9 Å². The molecule has 0 saturated carbocycles. The summed E-state index contributed by atoms with van der Waals surface area (Å²) in [5, 5.41) is 9.55. The van der Waals surface area contributed by atoms with Gasteiger partial charge in [-0.1, -0.05) is 188 Å². The minimum Gasteiger partial charge on any atom is -0.228 e. The van der Waals surface area contributed by atoms with Crippen molar-refractivity contribution >= 4 is 0 Å². The van der Waals surface area contributed by atoms with E-state index in [2.05, 4.69) is 84.9 Å². The first kappa shape index (κ1) is 37.6. The lowest BCUT2D eigenvalue weighted by molar-refractivity contribution is 1.07. The van der Waals surface area contributed by atoms with E-state index < -0.39 is 0 Å². The van der Waals surface area contributed by atoms with E-state index in [1.54, 1.807) is 0 Å². The van der Waals surface area contributed by atoms with Gasteiger partial charge in [0.05, 0.1) is 23.0 Å². The van der Waals surface area contributed by atoms with Gasteiger partial charge in [-0.05, 0) is 63.7 Å². The normalized spacial score (nSPS) is 10.9. The Morgan fingerprint density at radius 2 is 0.694 bits per heavy atom. The predicted octanol–water partition coefficient (Wildman–Crippen LogP) is 13.5. The van der Waals surface area contributed by atoms with Crippen molar-refractivity contribution in [2.24, 2.45) is 0 Å². The number of rotatable bonds is 9. The molecular formula is C56H36N6. The molecule has 0 atom stereocenters. The van der Waals surface area contributed by atoms with Gasteiger partial charge >= 0.3 is 0 Å². The van der Waals surface area contributed by atoms with E-state index in [0.29, 0.717) is 28.9 Å². The van der Waals surface area contributed by atoms with Gasteiger partial charge in [0.2, 0.25) is 0 Å². The molecule has 2 heterocycles. The maximum Gasteiger partial charge on any atom is 0.164 e. The molecular weight excluding hydrogens is 757 g/mol. The monoisotopic (exact) mass is 792 g/mol. The molecule has 0 N–H and O–H groups in total. The summed E-state index contributed by atoms with van der Waals surface area (Å²) in [4.78, 5) is 25.4. The Kier molecular flexibility index (Phi) is 10.3. The molecule has 6 nitrogen and oxygen atoms in total. The minimum atomic E-state index is 0.576. The molecule has 10 rings (SSSR count). The number of hydrogen-bond acceptors (Lipinski definition) is 6. The van der Waals surface area contributed by atoms with E-state index >= 15 is 0 Å². The van der Waals surface area contributed by atoms with Crippen LogP contribution in [0.2, 0.25) is 0 Å². The molecule has 0 spiro atoms. The summed E-state index contributed by atoms with van der Waals surface area (Å²) in [6.07, 6.45) is 0. The zero-order valence-corrected chi connectivity index (χ0v) is 33.5. The van der Waals surface area contributed by atoms with Crippen LogP contribution < -0.4 is 0 Å². The Labute approximate surface area is 360 Å². The highest BCUT2D eigenvalue weighted by atomic mass is 15.0. The van der Waals surface area contributed by atoms with E-state index in [0.717, 1.165) is 78.1 Å². The highest BCUT2D eigenvalue weighted by Gasteiger charge is 2.19. The maximum atomic E-state index is 9.55. The molecule has 0 aliphatic heterocycles. The highest BCUT2D eigenvalue weighted by Crippen LogP contribution is 2.41. The topological polar surface area (TPSA) is 88.2 Å². The Morgan fingerprint density at radius 3 is 1.27 bits per heavy atom. The number of aromatic nitrogens is 5. The van der Waals surface area contributed by atoms with Crippen LogP contribution in [0.1, 0.15) is 5.56 Å². The van der Waals surface area contributed by atoms with Crippen LogP contribution in [0.15, 0.2) is 218 Å². The van der Waals surface area contributed by atoms with Crippen LogP contribution in [-0.2, 0) is 0 Å². The van der Waals surface area contributed by atoms with Crippen molar-refractivity contribution in [2.75, 3.05) is 0 Å². The van der Waals surface area contributed by atoms with E-state index in [1.165, 1.54) is 0 Å². The summed E-state index contributed by atoms with van der Waals surface area (Å²) in [6.45, 7) is 0. The lowest BCUT2D eigenvalue weighted by Gasteiger charge is -2.17. The van der Waals surface area contributed by atoms with Crippen molar-refractivity contribution in [1.29, 1.82) is 5.26 Å². The second-order valence-electron chi connectivity index (χ2n) is 14.8. The number of benzene rings is 8. The van der Waals surface area contributed by atoms with E-state index in [1.807, 2.05) is 140 Å². The van der Waals surface area contributed by atoms with Gasteiger partial charge in [0.1, 0.15) is 0 Å². The fourth-order valence-corrected chi connectivity index (χ4v) is 7.69. The van der Waals surface area contributed by atoms with Crippen LogP contribution in [-0.4, -0.2) is 24.9 Å². The van der Waals surface area contributed by atoms with Gasteiger partial charge in [-0.25, -0.2) is 24.9 Å². The quantitative estimate of drug-likeness (QED) is 0.145. The lowest BCUT2D eigenvalue weighted by atomic mass is 9.88. The molecule has 0 radical (unpaired) electrons. The summed E-state index contributed by atoms with van der Waals surface area (Å²) in [5.41, 5.74) is 13.9. The van der Waals surface area contributed by atoms with Crippen LogP contribution in [0.25, 0.3) is 101 Å². The van der Waals surface area contributed by atoms with Gasteiger partial charge in [-0.2, -0.15) is 5.26 Å². The fourth-order valence-electron chi connectivity index (χ4n) is 7.69. The Morgan fingerprint density at radius 1 is 0.258 bits per heavy atom. The number of nitriles is 1. The van der Waals surface area contributed by atoms with Crippen molar-refractivity contribution in [3.8, 4) is 108 Å². The molecule has 0 bridgehead atoms. The molecule has 10 aromatic rings. The third-order valence-electron chi connectivity index (χ3n) is 10.8. The first-order valence-electron chi connectivity index (χ1n) is 20.4. The predicted molar refractivity (Wildman–Crippen MR) is 249 cm³/mol. The third-order valence-corrected chi connectivity index (χ3v) is 10.8. The smallest absolute Gasteiger partial charge is 0.164 e. The van der Waals surface area contributed by atoms with Crippen LogP contribution >= 0.6 is 0 Å². The van der Waals surface area contributed by atoms with Gasteiger partial charge < -0.3 is 0 Å². The molecule has 6 heteroatoms. The van der Waals surface area contributed by atoms with Gasteiger partial charge in [0.15, 0.2) is 23.3 Å². The molecule has 0 aliphatic carbocycles. The van der Waals surface area contributed by atoms with Crippen molar-refractivity contribution < 1.29 is 0 Å². The largest absolute Gasteiger partial charge is 0.228 e. The molecule has 0 aliphatic rings. The van der Waals surface area contributed by atoms with Crippen LogP contribution in [0, 0.1) is 11.3 Å². The van der Waals surface area contributed by atoms with Gasteiger partial charge in [0.25, 0.3) is 0 Å². The maximum absolute atomic E-state index is 9.55. The van der Waals surface area contributed by atoms with Crippen LogP contribution in [0.3, 0.4) is 0 Å². The Balaban J connectivity index is 1.16. The lowest BCUT2D eigenvalue weighted by Crippen LogP contribution is -2.01. The molecule has 0 unspecified atom stereocenters. The average molecular weight is 793 g/mol. The molecule has 8 aromatic carbocycles. The first-order valence-corrected chi connectivity index (χ1v) is 20.4. The summed E-state index contributed by atoms with van der Waals surface area (Å²) in [5.74, 6) is 2.44. The molecule has 62 heavy (non-hydrogen) atoms. The second-order valence-corrected chi connectivity index (χ2v) is 14.8. The highest BCUT2D eigenvalue weighted by molar-refractivity contribution is 5.93. The minimum absolute atomic E-state index is 0.576. The van der Waals surface area contributed by atoms with Crippen molar-refractivity contribution in [2.45, 2.75) is 0 Å². The van der Waals surface area contributed by atoms with Gasteiger partial charge in [0, 0.05) is 33.4 Å². The van der Waals surface area contributed by atoms with Gasteiger partial charge in [-0.15, -0.1) is 0 Å². The number of hydrogen-bond donors (Lipinski definition) is 0. The summed E-state index contributed by atoms with van der Waals surface area (Å²) in [6, 6.07) is 75.8. The van der Waals surface area contributed by atoms with Crippen molar-refractivity contribution in [3.05, 3.63) is 224 Å². The number of nitrogens with zero attached hydrogens (tertiary/aromatic N) is 6. The standard InChI is InChI=1S/C56H36N6/c57-37-38-28-30-39(31-29-38)44-32-33-48(47-26-13-14-27-49(47)56-61-54(42-20-9-3-10-21-42)60-55(62-56)43-22-11-4-12-23-43)50(35-44)45-24-15-25-46(34-45)52-36-51(40-16-5-1-6-17-40)58-53(59-52)41-18-7-2-8-19-41/h1-36H. The third kappa shape index (κ3) is 7.78. The Hall–Kier alpha value is -8.66. The van der Waals surface area contributed by atoms with E-state index in [9.17, 15) is 5.26 Å². The van der Waals surface area contributed by atoms with Gasteiger partial charge in [-0.3, -0.25) is 0 Å². The van der Waals surface area contributed by atoms with E-state index in [-0.39, 0.29) is 0 Å². The zero-order valence-electron chi connectivity index (χ0n) is 33.5. The zero-order chi connectivity index (χ0) is 41.7. The first-order chi connectivity index (χ1) is 30.7.